The minimum Gasteiger partial charge on any atom is -0.350 e. The molecule has 1 aromatic rings. The van der Waals surface area contributed by atoms with Crippen molar-refractivity contribution in [1.29, 1.82) is 0 Å². The van der Waals surface area contributed by atoms with Crippen molar-refractivity contribution in [1.82, 2.24) is 5.32 Å². The molecule has 0 spiro atoms. The highest BCUT2D eigenvalue weighted by atomic mass is 16.1. The lowest BCUT2D eigenvalue weighted by molar-refractivity contribution is -0.123. The van der Waals surface area contributed by atoms with Gasteiger partial charge in [-0.2, -0.15) is 0 Å². The third-order valence-corrected chi connectivity index (χ3v) is 5.43. The van der Waals surface area contributed by atoms with Crippen molar-refractivity contribution >= 4 is 5.91 Å². The largest absolute Gasteiger partial charge is 0.350 e. The number of rotatable bonds is 5. The van der Waals surface area contributed by atoms with E-state index < -0.39 is 0 Å². The molecule has 0 aromatic heterocycles. The predicted octanol–water partition coefficient (Wildman–Crippen LogP) is 3.15. The molecule has 0 heterocycles. The molecule has 0 saturated heterocycles. The molecule has 1 aromatic carbocycles. The summed E-state index contributed by atoms with van der Waals surface area (Å²) in [5.74, 6) is 2.58. The summed E-state index contributed by atoms with van der Waals surface area (Å²) in [6.07, 6.45) is 6.10. The molecule has 21 heavy (non-hydrogen) atoms. The van der Waals surface area contributed by atoms with Crippen molar-refractivity contribution in [3.8, 4) is 0 Å². The Labute approximate surface area is 127 Å². The molecule has 2 bridgehead atoms. The fourth-order valence-corrected chi connectivity index (χ4v) is 4.19. The number of carbonyl (C=O) groups is 1. The van der Waals surface area contributed by atoms with Crippen LogP contribution in [0.1, 0.15) is 56.2 Å². The van der Waals surface area contributed by atoms with Crippen molar-refractivity contribution in [2.45, 2.75) is 51.6 Å². The zero-order chi connectivity index (χ0) is 14.8. The van der Waals surface area contributed by atoms with E-state index in [1.807, 2.05) is 12.1 Å². The first-order valence-corrected chi connectivity index (χ1v) is 8.24. The molecule has 3 nitrogen and oxygen atoms in total. The summed E-state index contributed by atoms with van der Waals surface area (Å²) in [7, 11) is 0. The highest BCUT2D eigenvalue weighted by molar-refractivity contribution is 5.76. The van der Waals surface area contributed by atoms with E-state index in [4.69, 9.17) is 5.73 Å². The normalized spacial score (nSPS) is 28.6. The van der Waals surface area contributed by atoms with Gasteiger partial charge in [-0.3, -0.25) is 4.79 Å². The average Bonchev–Trinajstić information content (AvgIpc) is 3.09. The number of hydrogen-bond donors (Lipinski definition) is 2. The van der Waals surface area contributed by atoms with Crippen molar-refractivity contribution < 1.29 is 4.79 Å². The highest BCUT2D eigenvalue weighted by Crippen LogP contribution is 2.49. The van der Waals surface area contributed by atoms with Crippen LogP contribution in [0.5, 0.6) is 0 Å². The zero-order valence-electron chi connectivity index (χ0n) is 12.8. The molecule has 3 N–H and O–H groups in total. The predicted molar refractivity (Wildman–Crippen MR) is 84.4 cm³/mol. The maximum atomic E-state index is 12.3. The summed E-state index contributed by atoms with van der Waals surface area (Å²) >= 11 is 0. The molecule has 2 fully saturated rings. The first-order valence-electron chi connectivity index (χ1n) is 8.24. The fraction of sp³-hybridized carbons (Fsp3) is 0.611. The van der Waals surface area contributed by atoms with Gasteiger partial charge >= 0.3 is 0 Å². The van der Waals surface area contributed by atoms with Crippen LogP contribution in [-0.4, -0.2) is 5.91 Å². The van der Waals surface area contributed by atoms with Gasteiger partial charge in [0.25, 0.3) is 0 Å². The molecule has 4 unspecified atom stereocenters. The van der Waals surface area contributed by atoms with Crippen molar-refractivity contribution in [2.24, 2.45) is 23.5 Å². The van der Waals surface area contributed by atoms with Crippen molar-refractivity contribution in [3.63, 3.8) is 0 Å². The number of benzene rings is 1. The van der Waals surface area contributed by atoms with Crippen molar-refractivity contribution in [3.05, 3.63) is 35.4 Å². The quantitative estimate of drug-likeness (QED) is 0.873. The smallest absolute Gasteiger partial charge is 0.220 e. The maximum absolute atomic E-state index is 12.3. The lowest BCUT2D eigenvalue weighted by Crippen LogP contribution is -2.29. The lowest BCUT2D eigenvalue weighted by atomic mass is 9.86. The van der Waals surface area contributed by atoms with E-state index in [0.717, 1.165) is 23.0 Å². The van der Waals surface area contributed by atoms with Crippen LogP contribution in [0.3, 0.4) is 0 Å². The van der Waals surface area contributed by atoms with E-state index in [2.05, 4.69) is 24.4 Å². The van der Waals surface area contributed by atoms with Gasteiger partial charge in [0.1, 0.15) is 0 Å². The van der Waals surface area contributed by atoms with Crippen LogP contribution in [0.2, 0.25) is 0 Å². The first-order chi connectivity index (χ1) is 10.2. The van der Waals surface area contributed by atoms with Crippen LogP contribution < -0.4 is 11.1 Å². The molecule has 4 atom stereocenters. The van der Waals surface area contributed by atoms with E-state index in [-0.39, 0.29) is 11.9 Å². The van der Waals surface area contributed by atoms with E-state index in [1.54, 1.807) is 0 Å². The molecular weight excluding hydrogens is 260 g/mol. The van der Waals surface area contributed by atoms with E-state index >= 15 is 0 Å². The van der Waals surface area contributed by atoms with Gasteiger partial charge < -0.3 is 11.1 Å². The van der Waals surface area contributed by atoms with Gasteiger partial charge in [0, 0.05) is 13.0 Å². The van der Waals surface area contributed by atoms with Gasteiger partial charge in [-0.25, -0.2) is 0 Å². The Hall–Kier alpha value is -1.35. The summed E-state index contributed by atoms with van der Waals surface area (Å²) in [5.41, 5.74) is 7.88. The Morgan fingerprint density at radius 1 is 1.29 bits per heavy atom. The van der Waals surface area contributed by atoms with E-state index in [0.29, 0.717) is 18.9 Å². The lowest BCUT2D eigenvalue weighted by Gasteiger charge is -2.22. The molecular formula is C18H26N2O. The second-order valence-corrected chi connectivity index (χ2v) is 6.87. The van der Waals surface area contributed by atoms with Gasteiger partial charge in [0.2, 0.25) is 5.91 Å². The van der Waals surface area contributed by atoms with Crippen LogP contribution in [0.15, 0.2) is 24.3 Å². The van der Waals surface area contributed by atoms with Gasteiger partial charge in [0.15, 0.2) is 0 Å². The first kappa shape index (κ1) is 14.6. The second-order valence-electron chi connectivity index (χ2n) is 6.87. The van der Waals surface area contributed by atoms with Crippen molar-refractivity contribution in [2.75, 3.05) is 0 Å². The SMILES string of the molecule is CC(NC(=O)CC1CC2CCC1C2)c1ccc(CN)cc1. The second kappa shape index (κ2) is 6.18. The van der Waals surface area contributed by atoms with Gasteiger partial charge in [-0.1, -0.05) is 30.7 Å². The summed E-state index contributed by atoms with van der Waals surface area (Å²) in [4.78, 5) is 12.3. The number of nitrogens with one attached hydrogen (secondary N) is 1. The number of nitrogens with two attached hydrogens (primary N) is 1. The molecule has 0 aliphatic heterocycles. The van der Waals surface area contributed by atoms with Crippen LogP contribution in [-0.2, 0) is 11.3 Å². The van der Waals surface area contributed by atoms with E-state index in [9.17, 15) is 4.79 Å². The van der Waals surface area contributed by atoms with Gasteiger partial charge in [0.05, 0.1) is 6.04 Å². The minimum absolute atomic E-state index is 0.0721. The minimum atomic E-state index is 0.0721. The van der Waals surface area contributed by atoms with Crippen LogP contribution in [0.4, 0.5) is 0 Å². The van der Waals surface area contributed by atoms with Crippen LogP contribution in [0, 0.1) is 17.8 Å². The Morgan fingerprint density at radius 2 is 2.05 bits per heavy atom. The molecule has 2 aliphatic carbocycles. The summed E-state index contributed by atoms with van der Waals surface area (Å²) < 4.78 is 0. The number of amides is 1. The Bertz CT molecular complexity index is 496. The molecule has 114 valence electrons. The highest BCUT2D eigenvalue weighted by Gasteiger charge is 2.40. The Balaban J connectivity index is 1.51. The topological polar surface area (TPSA) is 55.1 Å². The fourth-order valence-electron chi connectivity index (χ4n) is 4.19. The summed E-state index contributed by atoms with van der Waals surface area (Å²) in [6.45, 7) is 2.61. The molecule has 0 radical (unpaired) electrons. The third kappa shape index (κ3) is 3.29. The van der Waals surface area contributed by atoms with Gasteiger partial charge in [-0.05, 0) is 55.1 Å². The number of carbonyl (C=O) groups excluding carboxylic acids is 1. The van der Waals surface area contributed by atoms with Crippen LogP contribution in [0.25, 0.3) is 0 Å². The Kier molecular flexibility index (Phi) is 4.29. The maximum Gasteiger partial charge on any atom is 0.220 e. The summed E-state index contributed by atoms with van der Waals surface area (Å²) in [5, 5.41) is 3.15. The third-order valence-electron chi connectivity index (χ3n) is 5.43. The monoisotopic (exact) mass is 286 g/mol. The molecule has 3 rings (SSSR count). The van der Waals surface area contributed by atoms with Crippen LogP contribution >= 0.6 is 0 Å². The van der Waals surface area contributed by atoms with Gasteiger partial charge in [-0.15, -0.1) is 0 Å². The molecule has 2 saturated carbocycles. The average molecular weight is 286 g/mol. The summed E-state index contributed by atoms with van der Waals surface area (Å²) in [6, 6.07) is 8.26. The molecule has 1 amide bonds. The molecule has 2 aliphatic rings. The molecule has 3 heteroatoms. The zero-order valence-corrected chi connectivity index (χ0v) is 12.8. The Morgan fingerprint density at radius 3 is 2.62 bits per heavy atom. The number of fused-ring (bicyclic) bond motifs is 2. The van der Waals surface area contributed by atoms with E-state index in [1.165, 1.54) is 25.7 Å². The number of hydrogen-bond acceptors (Lipinski definition) is 2. The standard InChI is InChI=1S/C18H26N2O/c1-12(15-5-2-13(11-19)3-6-15)20-18(21)10-17-9-14-4-7-16(17)8-14/h2-3,5-6,12,14,16-17H,4,7-11,19H2,1H3,(H,20,21).